The Kier molecular flexibility index (Phi) is 5.87. The third-order valence-electron chi connectivity index (χ3n) is 3.34. The normalized spacial score (nSPS) is 11.0. The van der Waals surface area contributed by atoms with Crippen molar-refractivity contribution in [2.75, 3.05) is 19.4 Å². The molecule has 0 aliphatic carbocycles. The lowest BCUT2D eigenvalue weighted by molar-refractivity contribution is -0.0498. The van der Waals surface area contributed by atoms with Gasteiger partial charge in [0.05, 0.1) is 0 Å². The van der Waals surface area contributed by atoms with Gasteiger partial charge in [0.1, 0.15) is 5.75 Å². The van der Waals surface area contributed by atoms with E-state index in [0.29, 0.717) is 12.1 Å². The minimum Gasteiger partial charge on any atom is -0.435 e. The van der Waals surface area contributed by atoms with Gasteiger partial charge in [0, 0.05) is 17.8 Å². The molecule has 2 aromatic carbocycles. The number of halogens is 2. The van der Waals surface area contributed by atoms with E-state index in [1.54, 1.807) is 0 Å². The van der Waals surface area contributed by atoms with Crippen molar-refractivity contribution in [3.8, 4) is 5.75 Å². The molecule has 1 N–H and O–H groups in total. The maximum absolute atomic E-state index is 12.4. The highest BCUT2D eigenvalue weighted by molar-refractivity contribution is 6.04. The number of amides is 1. The van der Waals surface area contributed by atoms with Gasteiger partial charge >= 0.3 is 6.61 Å². The summed E-state index contributed by atoms with van der Waals surface area (Å²) in [5.41, 5.74) is 3.21. The van der Waals surface area contributed by atoms with Crippen molar-refractivity contribution < 1.29 is 18.3 Å². The molecular weight excluding hydrogens is 314 g/mol. The summed E-state index contributed by atoms with van der Waals surface area (Å²) >= 11 is 0. The molecule has 0 aliphatic heterocycles. The number of hydrogen-bond donors (Lipinski definition) is 1. The summed E-state index contributed by atoms with van der Waals surface area (Å²) in [6, 6.07) is 11.4. The first-order chi connectivity index (χ1) is 11.3. The molecule has 0 atom stereocenters. The first kappa shape index (κ1) is 17.9. The minimum absolute atomic E-state index is 0.0187. The van der Waals surface area contributed by atoms with Crippen molar-refractivity contribution >= 4 is 11.6 Å². The topological polar surface area (TPSA) is 41.6 Å². The molecule has 0 bridgehead atoms. The third-order valence-corrected chi connectivity index (χ3v) is 3.34. The highest BCUT2D eigenvalue weighted by Gasteiger charge is 2.11. The standard InChI is InChI=1S/C18H20F2N2O2/c1-12-4-9-16(14(10-12)11-22(2)3)21-17(23)13-5-7-15(8-6-13)24-18(19)20/h4-10,18H,11H2,1-3H3,(H,21,23). The van der Waals surface area contributed by atoms with E-state index in [9.17, 15) is 13.6 Å². The van der Waals surface area contributed by atoms with Gasteiger partial charge in [-0.2, -0.15) is 8.78 Å². The maximum Gasteiger partial charge on any atom is 0.387 e. The Morgan fingerprint density at radius 3 is 2.42 bits per heavy atom. The van der Waals surface area contributed by atoms with E-state index in [4.69, 9.17) is 0 Å². The lowest BCUT2D eigenvalue weighted by atomic mass is 10.1. The number of ether oxygens (including phenoxy) is 1. The van der Waals surface area contributed by atoms with E-state index in [1.807, 2.05) is 44.1 Å². The smallest absolute Gasteiger partial charge is 0.387 e. The van der Waals surface area contributed by atoms with Crippen LogP contribution in [0.4, 0.5) is 14.5 Å². The molecule has 24 heavy (non-hydrogen) atoms. The summed E-state index contributed by atoms with van der Waals surface area (Å²) in [6.07, 6.45) is 0. The second-order valence-corrected chi connectivity index (χ2v) is 5.76. The lowest BCUT2D eigenvalue weighted by Gasteiger charge is -2.16. The molecule has 6 heteroatoms. The van der Waals surface area contributed by atoms with Crippen molar-refractivity contribution in [3.05, 3.63) is 59.2 Å². The van der Waals surface area contributed by atoms with Gasteiger partial charge in [-0.3, -0.25) is 4.79 Å². The third kappa shape index (κ3) is 5.03. The number of nitrogens with zero attached hydrogens (tertiary/aromatic N) is 1. The summed E-state index contributed by atoms with van der Waals surface area (Å²) in [7, 11) is 3.91. The van der Waals surface area contributed by atoms with Crippen LogP contribution in [0.3, 0.4) is 0 Å². The van der Waals surface area contributed by atoms with Crippen molar-refractivity contribution in [2.45, 2.75) is 20.1 Å². The SMILES string of the molecule is Cc1ccc(NC(=O)c2ccc(OC(F)F)cc2)c(CN(C)C)c1. The van der Waals surface area contributed by atoms with Crippen LogP contribution in [0.25, 0.3) is 0 Å². The van der Waals surface area contributed by atoms with Crippen LogP contribution in [0.2, 0.25) is 0 Å². The average molecular weight is 334 g/mol. The monoisotopic (exact) mass is 334 g/mol. The molecule has 0 saturated heterocycles. The Bertz CT molecular complexity index is 701. The first-order valence-corrected chi connectivity index (χ1v) is 7.45. The Morgan fingerprint density at radius 2 is 1.83 bits per heavy atom. The van der Waals surface area contributed by atoms with Gasteiger partial charge in [0.25, 0.3) is 5.91 Å². The number of alkyl halides is 2. The molecule has 2 rings (SSSR count). The Balaban J connectivity index is 2.14. The van der Waals surface area contributed by atoms with E-state index in [0.717, 1.165) is 16.8 Å². The van der Waals surface area contributed by atoms with Crippen LogP contribution in [0.5, 0.6) is 5.75 Å². The number of benzene rings is 2. The van der Waals surface area contributed by atoms with E-state index in [-0.39, 0.29) is 11.7 Å². The number of carbonyl (C=O) groups excluding carboxylic acids is 1. The predicted octanol–water partition coefficient (Wildman–Crippen LogP) is 3.91. The molecule has 0 aliphatic rings. The van der Waals surface area contributed by atoms with Crippen LogP contribution in [0, 0.1) is 6.92 Å². The molecule has 0 heterocycles. The van der Waals surface area contributed by atoms with Crippen molar-refractivity contribution in [2.24, 2.45) is 0 Å². The van der Waals surface area contributed by atoms with Gasteiger partial charge in [0.2, 0.25) is 0 Å². The molecule has 0 radical (unpaired) electrons. The fourth-order valence-electron chi connectivity index (χ4n) is 2.30. The number of nitrogens with one attached hydrogen (secondary N) is 1. The van der Waals surface area contributed by atoms with E-state index in [1.165, 1.54) is 24.3 Å². The lowest BCUT2D eigenvalue weighted by Crippen LogP contribution is -2.17. The molecule has 0 aromatic heterocycles. The molecule has 4 nitrogen and oxygen atoms in total. The summed E-state index contributed by atoms with van der Waals surface area (Å²) in [5, 5.41) is 2.87. The number of carbonyl (C=O) groups is 1. The second-order valence-electron chi connectivity index (χ2n) is 5.76. The fraction of sp³-hybridized carbons (Fsp3) is 0.278. The maximum atomic E-state index is 12.4. The summed E-state index contributed by atoms with van der Waals surface area (Å²) in [5.74, 6) is -0.285. The first-order valence-electron chi connectivity index (χ1n) is 7.45. The number of anilines is 1. The number of rotatable bonds is 6. The zero-order chi connectivity index (χ0) is 17.7. The largest absolute Gasteiger partial charge is 0.435 e. The fourth-order valence-corrected chi connectivity index (χ4v) is 2.30. The quantitative estimate of drug-likeness (QED) is 0.871. The van der Waals surface area contributed by atoms with E-state index < -0.39 is 6.61 Å². The molecule has 0 spiro atoms. The minimum atomic E-state index is -2.88. The molecule has 0 unspecified atom stereocenters. The zero-order valence-corrected chi connectivity index (χ0v) is 13.8. The Labute approximate surface area is 140 Å². The van der Waals surface area contributed by atoms with Crippen LogP contribution in [-0.2, 0) is 6.54 Å². The highest BCUT2D eigenvalue weighted by Crippen LogP contribution is 2.21. The van der Waals surface area contributed by atoms with Gasteiger partial charge in [-0.1, -0.05) is 17.7 Å². The number of hydrogen-bond acceptors (Lipinski definition) is 3. The van der Waals surface area contributed by atoms with E-state index in [2.05, 4.69) is 10.1 Å². The number of aryl methyl sites for hydroxylation is 1. The molecule has 0 saturated carbocycles. The zero-order valence-electron chi connectivity index (χ0n) is 13.8. The molecular formula is C18H20F2N2O2. The van der Waals surface area contributed by atoms with Crippen LogP contribution >= 0.6 is 0 Å². The molecule has 0 fully saturated rings. The summed E-state index contributed by atoms with van der Waals surface area (Å²) < 4.78 is 28.6. The van der Waals surface area contributed by atoms with Crippen LogP contribution < -0.4 is 10.1 Å². The average Bonchev–Trinajstić information content (AvgIpc) is 2.49. The summed E-state index contributed by atoms with van der Waals surface area (Å²) in [6.45, 7) is -0.198. The Hall–Kier alpha value is -2.47. The highest BCUT2D eigenvalue weighted by atomic mass is 19.3. The van der Waals surface area contributed by atoms with Gasteiger partial charge in [-0.25, -0.2) is 0 Å². The van der Waals surface area contributed by atoms with Gasteiger partial charge in [-0.15, -0.1) is 0 Å². The van der Waals surface area contributed by atoms with Gasteiger partial charge in [0.15, 0.2) is 0 Å². The van der Waals surface area contributed by atoms with Crippen molar-refractivity contribution in [3.63, 3.8) is 0 Å². The van der Waals surface area contributed by atoms with Gasteiger partial charge in [-0.05, 0) is 56.9 Å². The molecule has 128 valence electrons. The van der Waals surface area contributed by atoms with Crippen LogP contribution in [0.1, 0.15) is 21.5 Å². The molecule has 2 aromatic rings. The van der Waals surface area contributed by atoms with Crippen LogP contribution in [0.15, 0.2) is 42.5 Å². The molecule has 1 amide bonds. The van der Waals surface area contributed by atoms with E-state index >= 15 is 0 Å². The van der Waals surface area contributed by atoms with Crippen molar-refractivity contribution in [1.29, 1.82) is 0 Å². The predicted molar refractivity (Wildman–Crippen MR) is 89.6 cm³/mol. The van der Waals surface area contributed by atoms with Gasteiger partial charge < -0.3 is 15.0 Å². The van der Waals surface area contributed by atoms with Crippen LogP contribution in [-0.4, -0.2) is 31.5 Å². The Morgan fingerprint density at radius 1 is 1.17 bits per heavy atom. The summed E-state index contributed by atoms with van der Waals surface area (Å²) in [4.78, 5) is 14.4. The second kappa shape index (κ2) is 7.88. The van der Waals surface area contributed by atoms with Crippen molar-refractivity contribution in [1.82, 2.24) is 4.90 Å².